The zero-order valence-electron chi connectivity index (χ0n) is 43.7. The molecule has 0 bridgehead atoms. The Labute approximate surface area is 409 Å². The number of esters is 3. The van der Waals surface area contributed by atoms with Gasteiger partial charge in [-0.25, -0.2) is 0 Å². The highest BCUT2D eigenvalue weighted by Crippen LogP contribution is 2.16. The van der Waals surface area contributed by atoms with Crippen molar-refractivity contribution in [2.75, 3.05) is 13.2 Å². The molecule has 0 heterocycles. The van der Waals surface area contributed by atoms with E-state index in [2.05, 4.69) is 81.5 Å². The van der Waals surface area contributed by atoms with Crippen molar-refractivity contribution in [2.45, 2.75) is 290 Å². The summed E-state index contributed by atoms with van der Waals surface area (Å²) in [5.74, 6) is -0.947. The highest BCUT2D eigenvalue weighted by atomic mass is 16.6. The monoisotopic (exact) mass is 923 g/mol. The van der Waals surface area contributed by atoms with Gasteiger partial charge in [0.1, 0.15) is 13.2 Å². The zero-order valence-corrected chi connectivity index (χ0v) is 43.7. The number of carbonyl (C=O) groups excluding carboxylic acids is 3. The molecule has 0 fully saturated rings. The lowest BCUT2D eigenvalue weighted by atomic mass is 10.0. The molecule has 66 heavy (non-hydrogen) atoms. The highest BCUT2D eigenvalue weighted by Gasteiger charge is 2.19. The van der Waals surface area contributed by atoms with Crippen LogP contribution in [0.4, 0.5) is 0 Å². The fourth-order valence-electron chi connectivity index (χ4n) is 7.98. The van der Waals surface area contributed by atoms with E-state index < -0.39 is 6.10 Å². The van der Waals surface area contributed by atoms with Crippen molar-refractivity contribution in [3.05, 3.63) is 60.8 Å². The Kier molecular flexibility index (Phi) is 52.3. The van der Waals surface area contributed by atoms with E-state index in [-0.39, 0.29) is 37.5 Å². The minimum Gasteiger partial charge on any atom is -0.462 e. The van der Waals surface area contributed by atoms with E-state index in [1.54, 1.807) is 0 Å². The SMILES string of the molecule is CCCCC/C=C\C=C/CCCCCCCCC(=O)OCC(COC(=O)CCC/C=C\C/C=C\C/C=C\CCCCCCCC)OC(=O)CCCCCCCCCCCCCCCCCC. The van der Waals surface area contributed by atoms with E-state index in [9.17, 15) is 14.4 Å². The van der Waals surface area contributed by atoms with Crippen molar-refractivity contribution in [1.82, 2.24) is 0 Å². The van der Waals surface area contributed by atoms with Crippen LogP contribution < -0.4 is 0 Å². The summed E-state index contributed by atoms with van der Waals surface area (Å²) < 4.78 is 16.8. The number of carbonyl (C=O) groups is 3. The van der Waals surface area contributed by atoms with Gasteiger partial charge in [0, 0.05) is 19.3 Å². The second-order valence-electron chi connectivity index (χ2n) is 18.9. The molecule has 0 aromatic rings. The summed E-state index contributed by atoms with van der Waals surface area (Å²) in [6, 6.07) is 0. The summed E-state index contributed by atoms with van der Waals surface area (Å²) in [6.07, 6.45) is 67.8. The van der Waals surface area contributed by atoms with Crippen molar-refractivity contribution < 1.29 is 28.6 Å². The second kappa shape index (κ2) is 54.7. The molecule has 6 nitrogen and oxygen atoms in total. The molecular weight excluding hydrogens is 817 g/mol. The maximum atomic E-state index is 12.8. The van der Waals surface area contributed by atoms with E-state index >= 15 is 0 Å². The molecule has 0 radical (unpaired) electrons. The smallest absolute Gasteiger partial charge is 0.306 e. The van der Waals surface area contributed by atoms with Gasteiger partial charge in [-0.1, -0.05) is 248 Å². The summed E-state index contributed by atoms with van der Waals surface area (Å²) in [5.41, 5.74) is 0. The number of ether oxygens (including phenoxy) is 3. The fraction of sp³-hybridized carbons (Fsp3) is 0.783. The van der Waals surface area contributed by atoms with E-state index in [1.807, 2.05) is 0 Å². The number of hydrogen-bond acceptors (Lipinski definition) is 6. The molecule has 382 valence electrons. The molecule has 0 aliphatic heterocycles. The highest BCUT2D eigenvalue weighted by molar-refractivity contribution is 5.71. The molecule has 0 saturated carbocycles. The molecule has 0 N–H and O–H groups in total. The fourth-order valence-corrected chi connectivity index (χ4v) is 7.98. The molecule has 1 atom stereocenters. The van der Waals surface area contributed by atoms with Crippen LogP contribution in [0.1, 0.15) is 284 Å². The Morgan fingerprint density at radius 2 is 0.606 bits per heavy atom. The first-order valence-electron chi connectivity index (χ1n) is 28.3. The summed E-state index contributed by atoms with van der Waals surface area (Å²) in [5, 5.41) is 0. The first kappa shape index (κ1) is 63.1. The Balaban J connectivity index is 4.45. The number of allylic oxidation sites excluding steroid dienone is 10. The lowest BCUT2D eigenvalue weighted by Crippen LogP contribution is -2.30. The summed E-state index contributed by atoms with van der Waals surface area (Å²) in [4.78, 5) is 38.1. The minimum atomic E-state index is -0.797. The van der Waals surface area contributed by atoms with Crippen molar-refractivity contribution in [3.63, 3.8) is 0 Å². The molecule has 0 saturated heterocycles. The number of rotatable bonds is 51. The Morgan fingerprint density at radius 3 is 1.03 bits per heavy atom. The van der Waals surface area contributed by atoms with Crippen molar-refractivity contribution >= 4 is 17.9 Å². The van der Waals surface area contributed by atoms with Crippen LogP contribution in [0.15, 0.2) is 60.8 Å². The second-order valence-corrected chi connectivity index (χ2v) is 18.9. The van der Waals surface area contributed by atoms with Gasteiger partial charge < -0.3 is 14.2 Å². The van der Waals surface area contributed by atoms with Gasteiger partial charge in [0.25, 0.3) is 0 Å². The minimum absolute atomic E-state index is 0.0938. The van der Waals surface area contributed by atoms with Crippen molar-refractivity contribution in [2.24, 2.45) is 0 Å². The van der Waals surface area contributed by atoms with E-state index in [0.29, 0.717) is 19.3 Å². The van der Waals surface area contributed by atoms with Gasteiger partial charge in [-0.3, -0.25) is 14.4 Å². The molecule has 0 rings (SSSR count). The van der Waals surface area contributed by atoms with E-state index in [1.165, 1.54) is 173 Å². The van der Waals surface area contributed by atoms with Crippen LogP contribution in [0.2, 0.25) is 0 Å². The molecule has 0 aliphatic carbocycles. The lowest BCUT2D eigenvalue weighted by molar-refractivity contribution is -0.167. The van der Waals surface area contributed by atoms with Crippen LogP contribution in [-0.4, -0.2) is 37.2 Å². The van der Waals surface area contributed by atoms with Crippen LogP contribution in [-0.2, 0) is 28.6 Å². The maximum absolute atomic E-state index is 12.8. The lowest BCUT2D eigenvalue weighted by Gasteiger charge is -2.18. The Bertz CT molecular complexity index is 1200. The van der Waals surface area contributed by atoms with E-state index in [4.69, 9.17) is 14.2 Å². The number of unbranched alkanes of at least 4 members (excludes halogenated alkanes) is 31. The predicted molar refractivity (Wildman–Crippen MR) is 284 cm³/mol. The van der Waals surface area contributed by atoms with Crippen LogP contribution in [0.5, 0.6) is 0 Å². The van der Waals surface area contributed by atoms with Gasteiger partial charge in [0.05, 0.1) is 0 Å². The third-order valence-corrected chi connectivity index (χ3v) is 12.3. The molecule has 0 aromatic heterocycles. The molecular formula is C60H106O6. The maximum Gasteiger partial charge on any atom is 0.306 e. The van der Waals surface area contributed by atoms with Gasteiger partial charge in [0.2, 0.25) is 0 Å². The topological polar surface area (TPSA) is 78.9 Å². The van der Waals surface area contributed by atoms with Crippen molar-refractivity contribution in [3.8, 4) is 0 Å². The average molecular weight is 924 g/mol. The Hall–Kier alpha value is -2.89. The van der Waals surface area contributed by atoms with Gasteiger partial charge >= 0.3 is 17.9 Å². The van der Waals surface area contributed by atoms with E-state index in [0.717, 1.165) is 64.2 Å². The first-order chi connectivity index (χ1) is 32.5. The van der Waals surface area contributed by atoms with Crippen LogP contribution in [0.3, 0.4) is 0 Å². The molecule has 0 aliphatic rings. The van der Waals surface area contributed by atoms with Gasteiger partial charge in [-0.15, -0.1) is 0 Å². The molecule has 0 aromatic carbocycles. The average Bonchev–Trinajstić information content (AvgIpc) is 3.31. The number of hydrogen-bond donors (Lipinski definition) is 0. The van der Waals surface area contributed by atoms with Crippen molar-refractivity contribution in [1.29, 1.82) is 0 Å². The van der Waals surface area contributed by atoms with Gasteiger partial charge in [0.15, 0.2) is 6.10 Å². The summed E-state index contributed by atoms with van der Waals surface area (Å²) in [6.45, 7) is 6.57. The predicted octanol–water partition coefficient (Wildman–Crippen LogP) is 18.8. The molecule has 0 spiro atoms. The largest absolute Gasteiger partial charge is 0.462 e. The molecule has 0 amide bonds. The zero-order chi connectivity index (χ0) is 47.9. The Morgan fingerprint density at radius 1 is 0.318 bits per heavy atom. The third kappa shape index (κ3) is 52.1. The molecule has 1 unspecified atom stereocenters. The molecule has 6 heteroatoms. The summed E-state index contributed by atoms with van der Waals surface area (Å²) >= 11 is 0. The van der Waals surface area contributed by atoms with Crippen LogP contribution in [0, 0.1) is 0 Å². The quantitative estimate of drug-likeness (QED) is 0.0199. The van der Waals surface area contributed by atoms with Gasteiger partial charge in [-0.05, 0) is 77.0 Å². The first-order valence-corrected chi connectivity index (χ1v) is 28.3. The van der Waals surface area contributed by atoms with Crippen LogP contribution >= 0.6 is 0 Å². The normalized spacial score (nSPS) is 12.5. The summed E-state index contributed by atoms with van der Waals surface area (Å²) in [7, 11) is 0. The van der Waals surface area contributed by atoms with Gasteiger partial charge in [-0.2, -0.15) is 0 Å². The standard InChI is InChI=1S/C60H106O6/c1-4-7-10-13-16-19-22-25-28-30-33-35-38-41-44-47-50-53-59(62)65-56-57(55-64-58(61)52-49-46-43-40-37-34-31-27-24-21-18-15-12-9-6-3)66-60(63)54-51-48-45-42-39-36-32-29-26-23-20-17-14-11-8-5-2/h18,21,24-25,27-28,33,35,41,44,57H,4-17,19-20,22-23,26,29-32,34,36-40,42-43,45-56H2,1-3H3/b21-18-,27-24-,28-25-,35-33-,44-41-. The van der Waals surface area contributed by atoms with Crippen LogP contribution in [0.25, 0.3) is 0 Å². The third-order valence-electron chi connectivity index (χ3n) is 12.3.